The molecule has 0 saturated heterocycles. The van der Waals surface area contributed by atoms with Gasteiger partial charge in [0.1, 0.15) is 19.0 Å². The Hall–Kier alpha value is -3.32. The number of carbonyl (C=O) groups excluding carboxylic acids is 1. The van der Waals surface area contributed by atoms with E-state index >= 15 is 0 Å². The lowest BCUT2D eigenvalue weighted by molar-refractivity contribution is -0.128. The number of benzene rings is 1. The quantitative estimate of drug-likeness (QED) is 0.701. The second-order valence-electron chi connectivity index (χ2n) is 8.62. The van der Waals surface area contributed by atoms with Gasteiger partial charge in [0.05, 0.1) is 11.3 Å². The zero-order valence-corrected chi connectivity index (χ0v) is 18.1. The molecule has 0 spiro atoms. The third kappa shape index (κ3) is 4.88. The molecule has 1 aromatic carbocycles. The predicted octanol–water partition coefficient (Wildman–Crippen LogP) is 3.39. The molecule has 160 valence electrons. The van der Waals surface area contributed by atoms with Crippen LogP contribution in [-0.4, -0.2) is 44.4 Å². The number of pyridine rings is 1. The van der Waals surface area contributed by atoms with E-state index in [4.69, 9.17) is 4.74 Å². The van der Waals surface area contributed by atoms with Crippen LogP contribution in [0.1, 0.15) is 37.9 Å². The van der Waals surface area contributed by atoms with Crippen molar-refractivity contribution in [1.29, 1.82) is 0 Å². The summed E-state index contributed by atoms with van der Waals surface area (Å²) in [5.74, 6) is 0.369. The minimum atomic E-state index is -0.560. The van der Waals surface area contributed by atoms with Crippen molar-refractivity contribution in [2.24, 2.45) is 0 Å². The average Bonchev–Trinajstić information content (AvgIpc) is 2.92. The number of nitrogens with one attached hydrogen (secondary N) is 1. The van der Waals surface area contributed by atoms with Crippen molar-refractivity contribution < 1.29 is 9.53 Å². The maximum Gasteiger partial charge on any atom is 0.242 e. The largest absolute Gasteiger partial charge is 0.476 e. The molecule has 1 atom stereocenters. The lowest BCUT2D eigenvalue weighted by Gasteiger charge is -2.32. The molecule has 3 aromatic rings. The number of nitrogens with zero attached hydrogens (tertiary/aromatic N) is 4. The van der Waals surface area contributed by atoms with Crippen LogP contribution in [-0.2, 0) is 11.3 Å². The van der Waals surface area contributed by atoms with Gasteiger partial charge in [0.15, 0.2) is 0 Å². The fraction of sp³-hybridized carbons (Fsp3) is 0.333. The van der Waals surface area contributed by atoms with Crippen LogP contribution in [0.2, 0.25) is 0 Å². The van der Waals surface area contributed by atoms with Gasteiger partial charge in [-0.05, 0) is 38.5 Å². The highest BCUT2D eigenvalue weighted by Gasteiger charge is 2.35. The lowest BCUT2D eigenvalue weighted by atomic mass is 10.0. The van der Waals surface area contributed by atoms with Crippen molar-refractivity contribution in [3.05, 3.63) is 72.3 Å². The van der Waals surface area contributed by atoms with Crippen LogP contribution in [0, 0.1) is 0 Å². The van der Waals surface area contributed by atoms with Gasteiger partial charge in [-0.3, -0.25) is 14.7 Å². The van der Waals surface area contributed by atoms with E-state index in [1.54, 1.807) is 12.4 Å². The zero-order valence-electron chi connectivity index (χ0n) is 18.1. The van der Waals surface area contributed by atoms with Crippen molar-refractivity contribution in [2.75, 3.05) is 13.2 Å². The van der Waals surface area contributed by atoms with Crippen molar-refractivity contribution >= 4 is 5.91 Å². The predicted molar refractivity (Wildman–Crippen MR) is 118 cm³/mol. The first-order valence-corrected chi connectivity index (χ1v) is 10.4. The highest BCUT2D eigenvalue weighted by atomic mass is 16.5. The fourth-order valence-corrected chi connectivity index (χ4v) is 3.79. The summed E-state index contributed by atoms with van der Waals surface area (Å²) >= 11 is 0. The van der Waals surface area contributed by atoms with E-state index in [0.717, 1.165) is 16.8 Å². The molecule has 0 bridgehead atoms. The van der Waals surface area contributed by atoms with E-state index in [1.807, 2.05) is 51.1 Å². The summed E-state index contributed by atoms with van der Waals surface area (Å²) in [5.41, 5.74) is 3.36. The molecule has 7 heteroatoms. The van der Waals surface area contributed by atoms with Gasteiger partial charge >= 0.3 is 0 Å². The van der Waals surface area contributed by atoms with E-state index in [9.17, 15) is 4.79 Å². The monoisotopic (exact) mass is 417 g/mol. The summed E-state index contributed by atoms with van der Waals surface area (Å²) in [7, 11) is 0. The summed E-state index contributed by atoms with van der Waals surface area (Å²) in [6, 6.07) is 13.5. The standard InChI is InChI=1S/C24H27N5O2/c1-24(2,3)28-22(30)21-19-14-25-16-27-23(19)31-13-12-29(21)15-17-8-4-5-9-18(17)20-10-6-7-11-26-20/h4-11,14,16,21H,12-13,15H2,1-3H3,(H,28,30). The van der Waals surface area contributed by atoms with Crippen LogP contribution in [0.4, 0.5) is 0 Å². The summed E-state index contributed by atoms with van der Waals surface area (Å²) < 4.78 is 5.86. The molecule has 1 aliphatic heterocycles. The molecule has 1 amide bonds. The Labute approximate surface area is 182 Å². The third-order valence-electron chi connectivity index (χ3n) is 5.06. The third-order valence-corrected chi connectivity index (χ3v) is 5.06. The highest BCUT2D eigenvalue weighted by Crippen LogP contribution is 2.33. The van der Waals surface area contributed by atoms with E-state index in [1.165, 1.54) is 6.33 Å². The first-order valence-electron chi connectivity index (χ1n) is 10.4. The molecule has 1 aliphatic rings. The van der Waals surface area contributed by atoms with Crippen LogP contribution in [0.5, 0.6) is 5.88 Å². The Morgan fingerprint density at radius 3 is 2.74 bits per heavy atom. The van der Waals surface area contributed by atoms with Crippen molar-refractivity contribution in [3.63, 3.8) is 0 Å². The molecule has 0 aliphatic carbocycles. The van der Waals surface area contributed by atoms with Crippen LogP contribution in [0.3, 0.4) is 0 Å². The fourth-order valence-electron chi connectivity index (χ4n) is 3.79. The molecule has 0 fully saturated rings. The maximum absolute atomic E-state index is 13.4. The Morgan fingerprint density at radius 1 is 1.16 bits per heavy atom. The average molecular weight is 418 g/mol. The number of amides is 1. The van der Waals surface area contributed by atoms with Gasteiger partial charge in [-0.2, -0.15) is 0 Å². The number of hydrogen-bond donors (Lipinski definition) is 1. The molecular formula is C24H27N5O2. The van der Waals surface area contributed by atoms with Gasteiger partial charge in [-0.1, -0.05) is 30.3 Å². The zero-order chi connectivity index (χ0) is 21.8. The van der Waals surface area contributed by atoms with E-state index < -0.39 is 6.04 Å². The maximum atomic E-state index is 13.4. The van der Waals surface area contributed by atoms with Gasteiger partial charge in [0.2, 0.25) is 11.8 Å². The minimum absolute atomic E-state index is 0.0932. The van der Waals surface area contributed by atoms with E-state index in [0.29, 0.717) is 31.1 Å². The van der Waals surface area contributed by atoms with Crippen LogP contribution in [0.25, 0.3) is 11.3 Å². The van der Waals surface area contributed by atoms with Crippen LogP contribution < -0.4 is 10.1 Å². The van der Waals surface area contributed by atoms with E-state index in [2.05, 4.69) is 37.3 Å². The van der Waals surface area contributed by atoms with Gasteiger partial charge in [0, 0.05) is 36.6 Å². The second kappa shape index (κ2) is 8.81. The first kappa shape index (κ1) is 20.9. The Bertz CT molecular complexity index is 1050. The minimum Gasteiger partial charge on any atom is -0.476 e. The SMILES string of the molecule is CC(C)(C)NC(=O)C1c2cncnc2OCCN1Cc1ccccc1-c1ccccn1. The van der Waals surface area contributed by atoms with Crippen molar-refractivity contribution in [1.82, 2.24) is 25.2 Å². The summed E-state index contributed by atoms with van der Waals surface area (Å²) in [5, 5.41) is 3.12. The number of fused-ring (bicyclic) bond motifs is 1. The Morgan fingerprint density at radius 2 is 1.97 bits per heavy atom. The van der Waals surface area contributed by atoms with Crippen molar-refractivity contribution in [2.45, 2.75) is 38.9 Å². The summed E-state index contributed by atoms with van der Waals surface area (Å²) in [6.07, 6.45) is 4.92. The van der Waals surface area contributed by atoms with Gasteiger partial charge in [-0.25, -0.2) is 9.97 Å². The smallest absolute Gasteiger partial charge is 0.242 e. The molecule has 1 unspecified atom stereocenters. The topological polar surface area (TPSA) is 80.2 Å². The highest BCUT2D eigenvalue weighted by molar-refractivity contribution is 5.84. The Kier molecular flexibility index (Phi) is 5.95. The second-order valence-corrected chi connectivity index (χ2v) is 8.62. The van der Waals surface area contributed by atoms with Gasteiger partial charge in [0.25, 0.3) is 0 Å². The number of hydrogen-bond acceptors (Lipinski definition) is 6. The molecule has 1 N–H and O–H groups in total. The number of carbonyl (C=O) groups is 1. The molecule has 2 aromatic heterocycles. The molecule has 0 saturated carbocycles. The van der Waals surface area contributed by atoms with E-state index in [-0.39, 0.29) is 11.4 Å². The number of rotatable bonds is 4. The molecule has 3 heterocycles. The van der Waals surface area contributed by atoms with Crippen molar-refractivity contribution in [3.8, 4) is 17.1 Å². The molecule has 7 nitrogen and oxygen atoms in total. The molecule has 4 rings (SSSR count). The first-order chi connectivity index (χ1) is 14.9. The van der Waals surface area contributed by atoms with Gasteiger partial charge in [-0.15, -0.1) is 0 Å². The normalized spacial score (nSPS) is 16.7. The summed E-state index contributed by atoms with van der Waals surface area (Å²) in [6.45, 7) is 7.50. The molecule has 31 heavy (non-hydrogen) atoms. The van der Waals surface area contributed by atoms with Gasteiger partial charge < -0.3 is 10.1 Å². The van der Waals surface area contributed by atoms with Crippen LogP contribution >= 0.6 is 0 Å². The lowest BCUT2D eigenvalue weighted by Crippen LogP contribution is -2.47. The Balaban J connectivity index is 1.72. The molecule has 0 radical (unpaired) electrons. The molecular weight excluding hydrogens is 390 g/mol. The summed E-state index contributed by atoms with van der Waals surface area (Å²) in [4.78, 5) is 28.5. The number of aromatic nitrogens is 3. The number of ether oxygens (including phenoxy) is 1. The van der Waals surface area contributed by atoms with Crippen LogP contribution in [0.15, 0.2) is 61.2 Å².